The molecule has 1 aliphatic rings. The first-order valence-corrected chi connectivity index (χ1v) is 10.3. The Bertz CT molecular complexity index is 795. The lowest BCUT2D eigenvalue weighted by molar-refractivity contribution is -0.120. The summed E-state index contributed by atoms with van der Waals surface area (Å²) in [4.78, 5) is 25.6. The number of benzene rings is 2. The summed E-state index contributed by atoms with van der Waals surface area (Å²) in [7, 11) is 0. The summed E-state index contributed by atoms with van der Waals surface area (Å²) in [5.41, 5.74) is 2.50. The Kier molecular flexibility index (Phi) is 6.87. The summed E-state index contributed by atoms with van der Waals surface area (Å²) in [5.74, 6) is 1.27. The van der Waals surface area contributed by atoms with Crippen molar-refractivity contribution >= 4 is 29.3 Å². The van der Waals surface area contributed by atoms with Gasteiger partial charge in [-0.2, -0.15) is 11.8 Å². The zero-order valence-electron chi connectivity index (χ0n) is 15.1. The van der Waals surface area contributed by atoms with E-state index in [0.29, 0.717) is 30.7 Å². The molecule has 3 rings (SSSR count). The summed E-state index contributed by atoms with van der Waals surface area (Å²) in [6.45, 7) is 1.32. The zero-order chi connectivity index (χ0) is 19.1. The topological polar surface area (TPSA) is 49.4 Å². The number of carbonyl (C=O) groups is 2. The van der Waals surface area contributed by atoms with E-state index in [1.54, 1.807) is 28.8 Å². The molecule has 2 amide bonds. The average Bonchev–Trinajstić information content (AvgIpc) is 3.09. The molecule has 1 heterocycles. The van der Waals surface area contributed by atoms with E-state index in [0.717, 1.165) is 30.0 Å². The van der Waals surface area contributed by atoms with Crippen LogP contribution in [0.1, 0.15) is 24.0 Å². The van der Waals surface area contributed by atoms with Gasteiger partial charge >= 0.3 is 0 Å². The molecule has 0 bridgehead atoms. The highest BCUT2D eigenvalue weighted by atomic mass is 32.2. The predicted octanol–water partition coefficient (Wildman–Crippen LogP) is 3.54. The van der Waals surface area contributed by atoms with Crippen LogP contribution in [0, 0.1) is 5.82 Å². The Morgan fingerprint density at radius 1 is 1.15 bits per heavy atom. The number of halogens is 1. The molecule has 1 saturated heterocycles. The van der Waals surface area contributed by atoms with Gasteiger partial charge in [0.05, 0.1) is 6.42 Å². The fourth-order valence-electron chi connectivity index (χ4n) is 3.02. The normalized spacial score (nSPS) is 13.8. The first kappa shape index (κ1) is 19.4. The van der Waals surface area contributed by atoms with Crippen LogP contribution in [0.25, 0.3) is 0 Å². The van der Waals surface area contributed by atoms with Crippen LogP contribution in [0.15, 0.2) is 48.5 Å². The van der Waals surface area contributed by atoms with Crippen molar-refractivity contribution in [1.82, 2.24) is 5.32 Å². The number of hydrogen-bond donors (Lipinski definition) is 1. The van der Waals surface area contributed by atoms with Crippen LogP contribution in [0.4, 0.5) is 10.1 Å². The number of nitrogens with one attached hydrogen (secondary N) is 1. The lowest BCUT2D eigenvalue weighted by atomic mass is 10.1. The number of hydrogen-bond acceptors (Lipinski definition) is 3. The molecule has 27 heavy (non-hydrogen) atoms. The van der Waals surface area contributed by atoms with E-state index in [2.05, 4.69) is 5.32 Å². The molecule has 0 aliphatic carbocycles. The van der Waals surface area contributed by atoms with Gasteiger partial charge < -0.3 is 10.2 Å². The van der Waals surface area contributed by atoms with E-state index in [1.165, 1.54) is 6.07 Å². The molecule has 0 atom stereocenters. The summed E-state index contributed by atoms with van der Waals surface area (Å²) >= 11 is 1.59. The molecule has 0 unspecified atom stereocenters. The quantitative estimate of drug-likeness (QED) is 0.706. The van der Waals surface area contributed by atoms with Gasteiger partial charge in [-0.25, -0.2) is 4.39 Å². The minimum absolute atomic E-state index is 0.0357. The van der Waals surface area contributed by atoms with Gasteiger partial charge in [0.2, 0.25) is 11.8 Å². The van der Waals surface area contributed by atoms with Gasteiger partial charge in [0.1, 0.15) is 5.82 Å². The molecule has 0 spiro atoms. The van der Waals surface area contributed by atoms with Crippen LogP contribution < -0.4 is 10.2 Å². The third kappa shape index (κ3) is 5.57. The van der Waals surface area contributed by atoms with Crippen molar-refractivity contribution in [2.24, 2.45) is 0 Å². The summed E-state index contributed by atoms with van der Waals surface area (Å²) in [6, 6.07) is 14.3. The highest BCUT2D eigenvalue weighted by molar-refractivity contribution is 7.98. The van der Waals surface area contributed by atoms with Crippen molar-refractivity contribution in [1.29, 1.82) is 0 Å². The Hall–Kier alpha value is -2.34. The molecule has 2 aromatic carbocycles. The van der Waals surface area contributed by atoms with Gasteiger partial charge in [-0.15, -0.1) is 0 Å². The minimum Gasteiger partial charge on any atom is -0.355 e. The number of anilines is 1. The summed E-state index contributed by atoms with van der Waals surface area (Å²) < 4.78 is 13.5. The first-order chi connectivity index (χ1) is 13.1. The van der Waals surface area contributed by atoms with E-state index in [-0.39, 0.29) is 17.6 Å². The Morgan fingerprint density at radius 2 is 1.93 bits per heavy atom. The molecule has 0 saturated carbocycles. The van der Waals surface area contributed by atoms with Gasteiger partial charge in [-0.3, -0.25) is 9.59 Å². The van der Waals surface area contributed by atoms with E-state index in [1.807, 2.05) is 30.3 Å². The van der Waals surface area contributed by atoms with E-state index < -0.39 is 0 Å². The Balaban J connectivity index is 1.36. The number of rotatable bonds is 8. The first-order valence-electron chi connectivity index (χ1n) is 9.10. The van der Waals surface area contributed by atoms with Crippen molar-refractivity contribution in [2.75, 3.05) is 23.7 Å². The van der Waals surface area contributed by atoms with Crippen LogP contribution in [-0.2, 0) is 21.8 Å². The maximum absolute atomic E-state index is 13.5. The van der Waals surface area contributed by atoms with Crippen molar-refractivity contribution in [2.45, 2.75) is 25.0 Å². The van der Waals surface area contributed by atoms with Gasteiger partial charge in [0, 0.05) is 36.7 Å². The molecule has 1 aliphatic heterocycles. The molecule has 6 heteroatoms. The lowest BCUT2D eigenvalue weighted by Gasteiger charge is -2.15. The molecule has 0 radical (unpaired) electrons. The van der Waals surface area contributed by atoms with E-state index >= 15 is 0 Å². The predicted molar refractivity (Wildman–Crippen MR) is 107 cm³/mol. The number of carbonyl (C=O) groups excluding carboxylic acids is 2. The summed E-state index contributed by atoms with van der Waals surface area (Å²) in [5, 5.41) is 2.89. The zero-order valence-corrected chi connectivity index (χ0v) is 15.9. The Morgan fingerprint density at radius 3 is 2.63 bits per heavy atom. The number of thioether (sulfide) groups is 1. The van der Waals surface area contributed by atoms with E-state index in [4.69, 9.17) is 0 Å². The van der Waals surface area contributed by atoms with E-state index in [9.17, 15) is 14.0 Å². The van der Waals surface area contributed by atoms with Gasteiger partial charge in [0.15, 0.2) is 0 Å². The SMILES string of the molecule is O=C(Cc1ccc(N2CCCC2=O)cc1)NCCSCc1ccccc1F. The summed E-state index contributed by atoms with van der Waals surface area (Å²) in [6.07, 6.45) is 1.82. The van der Waals surface area contributed by atoms with Crippen LogP contribution in [0.3, 0.4) is 0 Å². The fourth-order valence-corrected chi connectivity index (χ4v) is 3.87. The van der Waals surface area contributed by atoms with Gasteiger partial charge in [0.25, 0.3) is 0 Å². The van der Waals surface area contributed by atoms with Crippen LogP contribution in [0.2, 0.25) is 0 Å². The smallest absolute Gasteiger partial charge is 0.227 e. The molecule has 142 valence electrons. The molecule has 2 aromatic rings. The average molecular weight is 386 g/mol. The molecular formula is C21H23FN2O2S. The monoisotopic (exact) mass is 386 g/mol. The molecule has 1 fully saturated rings. The maximum Gasteiger partial charge on any atom is 0.227 e. The second-order valence-electron chi connectivity index (χ2n) is 6.49. The maximum atomic E-state index is 13.5. The van der Waals surface area contributed by atoms with Crippen molar-refractivity contribution in [3.63, 3.8) is 0 Å². The number of nitrogens with zero attached hydrogens (tertiary/aromatic N) is 1. The second-order valence-corrected chi connectivity index (χ2v) is 7.59. The molecule has 0 aromatic heterocycles. The van der Waals surface area contributed by atoms with Gasteiger partial charge in [-0.05, 0) is 35.7 Å². The standard InChI is InChI=1S/C21H23FN2O2S/c22-19-5-2-1-4-17(19)15-27-13-11-23-20(25)14-16-7-9-18(10-8-16)24-12-3-6-21(24)26/h1-2,4-5,7-10H,3,6,11-15H2,(H,23,25). The highest BCUT2D eigenvalue weighted by Crippen LogP contribution is 2.21. The molecule has 4 nitrogen and oxygen atoms in total. The number of amides is 2. The van der Waals surface area contributed by atoms with Gasteiger partial charge in [-0.1, -0.05) is 30.3 Å². The largest absolute Gasteiger partial charge is 0.355 e. The van der Waals surface area contributed by atoms with Crippen LogP contribution in [-0.4, -0.2) is 30.7 Å². The van der Waals surface area contributed by atoms with Crippen molar-refractivity contribution in [3.8, 4) is 0 Å². The highest BCUT2D eigenvalue weighted by Gasteiger charge is 2.21. The van der Waals surface area contributed by atoms with Crippen molar-refractivity contribution in [3.05, 3.63) is 65.5 Å². The molecule has 1 N–H and O–H groups in total. The van der Waals surface area contributed by atoms with Crippen LogP contribution in [0.5, 0.6) is 0 Å². The third-order valence-corrected chi connectivity index (χ3v) is 5.48. The minimum atomic E-state index is -0.187. The fraction of sp³-hybridized carbons (Fsp3) is 0.333. The van der Waals surface area contributed by atoms with Crippen molar-refractivity contribution < 1.29 is 14.0 Å². The third-order valence-electron chi connectivity index (χ3n) is 4.47. The second kappa shape index (κ2) is 9.55. The lowest BCUT2D eigenvalue weighted by Crippen LogP contribution is -2.27. The Labute approximate surface area is 163 Å². The molecular weight excluding hydrogens is 363 g/mol. The van der Waals surface area contributed by atoms with Crippen LogP contribution >= 0.6 is 11.8 Å².